The molecule has 66 valence electrons. The summed E-state index contributed by atoms with van der Waals surface area (Å²) in [5.74, 6) is 0.859. The quantitative estimate of drug-likeness (QED) is 0.645. The fraction of sp³-hybridized carbons (Fsp3) is 0.625. The number of aliphatic hydroxyl groups is 1. The van der Waals surface area contributed by atoms with Crippen LogP contribution in [-0.2, 0) is 0 Å². The minimum atomic E-state index is -0.340. The maximum atomic E-state index is 9.52. The molecule has 1 fully saturated rings. The lowest BCUT2D eigenvalue weighted by Gasteiger charge is -2.18. The van der Waals surface area contributed by atoms with Gasteiger partial charge in [-0.05, 0) is 19.8 Å². The number of nitrogens with zero attached hydrogens (tertiary/aromatic N) is 2. The molecule has 0 bridgehead atoms. The first-order chi connectivity index (χ1) is 5.77. The Bertz CT molecular complexity index is 271. The first-order valence-electron chi connectivity index (χ1n) is 4.24. The Kier molecular flexibility index (Phi) is 1.77. The number of aromatic amines is 1. The molecule has 1 aromatic heterocycles. The van der Waals surface area contributed by atoms with E-state index in [1.165, 1.54) is 0 Å². The standard InChI is InChI=1S/C8H13N3O/c1-6-5-7(10-9-6)11-4-2-3-8(11)12/h5,8,12H,2-4H2,1H3,(H,9,10). The largest absolute Gasteiger partial charge is 0.374 e. The topological polar surface area (TPSA) is 52.1 Å². The zero-order valence-electron chi connectivity index (χ0n) is 7.12. The summed E-state index contributed by atoms with van der Waals surface area (Å²) in [7, 11) is 0. The molecule has 1 unspecified atom stereocenters. The molecule has 1 atom stereocenters. The third-order valence-corrected chi connectivity index (χ3v) is 2.21. The molecule has 0 aliphatic carbocycles. The molecule has 4 nitrogen and oxygen atoms in total. The molecule has 2 heterocycles. The van der Waals surface area contributed by atoms with Gasteiger partial charge in [0.1, 0.15) is 6.23 Å². The van der Waals surface area contributed by atoms with Crippen molar-refractivity contribution in [1.82, 2.24) is 10.2 Å². The van der Waals surface area contributed by atoms with Crippen molar-refractivity contribution in [3.8, 4) is 0 Å². The molecule has 0 saturated carbocycles. The van der Waals surface area contributed by atoms with Crippen molar-refractivity contribution in [1.29, 1.82) is 0 Å². The molecule has 12 heavy (non-hydrogen) atoms. The highest BCUT2D eigenvalue weighted by molar-refractivity contribution is 5.40. The molecular weight excluding hydrogens is 154 g/mol. The van der Waals surface area contributed by atoms with Gasteiger partial charge in [-0.2, -0.15) is 5.10 Å². The number of hydrogen-bond acceptors (Lipinski definition) is 3. The van der Waals surface area contributed by atoms with Crippen LogP contribution in [0.4, 0.5) is 5.82 Å². The maximum absolute atomic E-state index is 9.52. The molecule has 1 saturated heterocycles. The van der Waals surface area contributed by atoms with Crippen LogP contribution >= 0.6 is 0 Å². The van der Waals surface area contributed by atoms with Gasteiger partial charge < -0.3 is 10.0 Å². The smallest absolute Gasteiger partial charge is 0.152 e. The summed E-state index contributed by atoms with van der Waals surface area (Å²) in [4.78, 5) is 1.92. The van der Waals surface area contributed by atoms with Crippen molar-refractivity contribution in [3.05, 3.63) is 11.8 Å². The Labute approximate surface area is 71.2 Å². The SMILES string of the molecule is Cc1cc(N2CCCC2O)n[nH]1. The van der Waals surface area contributed by atoms with E-state index in [-0.39, 0.29) is 6.23 Å². The molecule has 4 heteroatoms. The van der Waals surface area contributed by atoms with E-state index in [0.29, 0.717) is 0 Å². The van der Waals surface area contributed by atoms with Gasteiger partial charge in [0.25, 0.3) is 0 Å². The van der Waals surface area contributed by atoms with E-state index < -0.39 is 0 Å². The van der Waals surface area contributed by atoms with Crippen LogP contribution in [0, 0.1) is 6.92 Å². The summed E-state index contributed by atoms with van der Waals surface area (Å²) in [6.45, 7) is 2.87. The second kappa shape index (κ2) is 2.79. The molecule has 0 radical (unpaired) electrons. The summed E-state index contributed by atoms with van der Waals surface area (Å²) in [6.07, 6.45) is 1.56. The van der Waals surface area contributed by atoms with E-state index in [0.717, 1.165) is 30.9 Å². The van der Waals surface area contributed by atoms with E-state index in [2.05, 4.69) is 10.2 Å². The van der Waals surface area contributed by atoms with Crippen molar-refractivity contribution < 1.29 is 5.11 Å². The summed E-state index contributed by atoms with van der Waals surface area (Å²) in [5.41, 5.74) is 1.03. The Morgan fingerprint density at radius 3 is 3.08 bits per heavy atom. The van der Waals surface area contributed by atoms with Crippen LogP contribution in [0.2, 0.25) is 0 Å². The predicted molar refractivity (Wildman–Crippen MR) is 45.9 cm³/mol. The molecule has 0 spiro atoms. The Morgan fingerprint density at radius 1 is 1.75 bits per heavy atom. The lowest BCUT2D eigenvalue weighted by atomic mass is 10.4. The average Bonchev–Trinajstić information content (AvgIpc) is 2.58. The van der Waals surface area contributed by atoms with E-state index in [9.17, 15) is 5.11 Å². The van der Waals surface area contributed by atoms with E-state index >= 15 is 0 Å². The van der Waals surface area contributed by atoms with Gasteiger partial charge in [0.05, 0.1) is 0 Å². The van der Waals surface area contributed by atoms with Crippen molar-refractivity contribution in [2.45, 2.75) is 26.0 Å². The van der Waals surface area contributed by atoms with Gasteiger partial charge in [-0.3, -0.25) is 5.10 Å². The number of H-pyrrole nitrogens is 1. The molecule has 2 rings (SSSR count). The Balaban J connectivity index is 2.19. The van der Waals surface area contributed by atoms with Gasteiger partial charge in [-0.25, -0.2) is 0 Å². The fourth-order valence-electron chi connectivity index (χ4n) is 1.57. The number of aryl methyl sites for hydroxylation is 1. The Hall–Kier alpha value is -1.03. The average molecular weight is 167 g/mol. The summed E-state index contributed by atoms with van der Waals surface area (Å²) in [6, 6.07) is 1.95. The van der Waals surface area contributed by atoms with Crippen molar-refractivity contribution in [3.63, 3.8) is 0 Å². The normalized spacial score (nSPS) is 23.5. The minimum Gasteiger partial charge on any atom is -0.374 e. The maximum Gasteiger partial charge on any atom is 0.152 e. The van der Waals surface area contributed by atoms with Crippen LogP contribution in [0.1, 0.15) is 18.5 Å². The summed E-state index contributed by atoms with van der Waals surface area (Å²) >= 11 is 0. The zero-order chi connectivity index (χ0) is 8.55. The first kappa shape index (κ1) is 7.61. The van der Waals surface area contributed by atoms with Gasteiger partial charge in [0.15, 0.2) is 5.82 Å². The number of nitrogens with one attached hydrogen (secondary N) is 1. The second-order valence-electron chi connectivity index (χ2n) is 3.23. The number of aromatic nitrogens is 2. The third-order valence-electron chi connectivity index (χ3n) is 2.21. The first-order valence-corrected chi connectivity index (χ1v) is 4.24. The van der Waals surface area contributed by atoms with Gasteiger partial charge in [-0.15, -0.1) is 0 Å². The van der Waals surface area contributed by atoms with Crippen LogP contribution in [0.15, 0.2) is 6.07 Å². The molecule has 1 aliphatic rings. The van der Waals surface area contributed by atoms with E-state index in [4.69, 9.17) is 0 Å². The number of rotatable bonds is 1. The highest BCUT2D eigenvalue weighted by Crippen LogP contribution is 2.21. The minimum absolute atomic E-state index is 0.340. The monoisotopic (exact) mass is 167 g/mol. The van der Waals surface area contributed by atoms with Gasteiger partial charge in [-0.1, -0.05) is 0 Å². The van der Waals surface area contributed by atoms with Gasteiger partial charge in [0.2, 0.25) is 0 Å². The molecule has 0 aromatic carbocycles. The van der Waals surface area contributed by atoms with Crippen molar-refractivity contribution in [2.75, 3.05) is 11.4 Å². The van der Waals surface area contributed by atoms with Gasteiger partial charge >= 0.3 is 0 Å². The molecular formula is C8H13N3O. The van der Waals surface area contributed by atoms with E-state index in [1.807, 2.05) is 17.9 Å². The predicted octanol–water partition coefficient (Wildman–Crippen LogP) is 0.637. The fourth-order valence-corrected chi connectivity index (χ4v) is 1.57. The Morgan fingerprint density at radius 2 is 2.58 bits per heavy atom. The van der Waals surface area contributed by atoms with Crippen LogP contribution in [0.3, 0.4) is 0 Å². The third kappa shape index (κ3) is 1.18. The van der Waals surface area contributed by atoms with E-state index in [1.54, 1.807) is 0 Å². The molecule has 2 N–H and O–H groups in total. The second-order valence-corrected chi connectivity index (χ2v) is 3.23. The highest BCUT2D eigenvalue weighted by atomic mass is 16.3. The molecule has 0 amide bonds. The van der Waals surface area contributed by atoms with Crippen LogP contribution in [0.25, 0.3) is 0 Å². The van der Waals surface area contributed by atoms with Crippen LogP contribution in [-0.4, -0.2) is 28.1 Å². The summed E-state index contributed by atoms with van der Waals surface area (Å²) < 4.78 is 0. The van der Waals surface area contributed by atoms with Crippen LogP contribution < -0.4 is 4.90 Å². The summed E-state index contributed by atoms with van der Waals surface area (Å²) in [5, 5.41) is 16.5. The number of aliphatic hydroxyl groups excluding tert-OH is 1. The number of hydrogen-bond donors (Lipinski definition) is 2. The number of anilines is 1. The van der Waals surface area contributed by atoms with Crippen LogP contribution in [0.5, 0.6) is 0 Å². The molecule has 1 aromatic rings. The van der Waals surface area contributed by atoms with Crippen molar-refractivity contribution >= 4 is 5.82 Å². The van der Waals surface area contributed by atoms with Gasteiger partial charge in [0, 0.05) is 18.3 Å². The lowest BCUT2D eigenvalue weighted by Crippen LogP contribution is -2.28. The highest BCUT2D eigenvalue weighted by Gasteiger charge is 2.23. The lowest BCUT2D eigenvalue weighted by molar-refractivity contribution is 0.185. The zero-order valence-corrected chi connectivity index (χ0v) is 7.12. The molecule has 1 aliphatic heterocycles. The van der Waals surface area contributed by atoms with Crippen molar-refractivity contribution in [2.24, 2.45) is 0 Å².